The zero-order chi connectivity index (χ0) is 9.26. The molecule has 0 aliphatic heterocycles. The Kier molecular flexibility index (Phi) is 2.02. The van der Waals surface area contributed by atoms with Crippen molar-refractivity contribution in [3.05, 3.63) is 29.5 Å². The molecule has 0 amide bonds. The van der Waals surface area contributed by atoms with Gasteiger partial charge in [0.05, 0.1) is 0 Å². The summed E-state index contributed by atoms with van der Waals surface area (Å²) in [5, 5.41) is 5.10. The summed E-state index contributed by atoms with van der Waals surface area (Å²) in [6.45, 7) is 2.56. The smallest absolute Gasteiger partial charge is 0.141 e. The molecule has 0 saturated carbocycles. The summed E-state index contributed by atoms with van der Waals surface area (Å²) in [6.07, 6.45) is 0.851. The van der Waals surface area contributed by atoms with Crippen LogP contribution >= 0.6 is 0 Å². The molecule has 0 unspecified atom stereocenters. The first-order valence-corrected chi connectivity index (χ1v) is 4.37. The second kappa shape index (κ2) is 3.18. The first-order chi connectivity index (χ1) is 6.33. The third-order valence-corrected chi connectivity index (χ3v) is 2.19. The van der Waals surface area contributed by atoms with Gasteiger partial charge in [-0.25, -0.2) is 0 Å². The number of hydrogen-bond donors (Lipinski definition) is 1. The molecule has 13 heavy (non-hydrogen) atoms. The van der Waals surface area contributed by atoms with E-state index in [2.05, 4.69) is 5.16 Å². The van der Waals surface area contributed by atoms with Gasteiger partial charge in [0.1, 0.15) is 11.3 Å². The van der Waals surface area contributed by atoms with E-state index in [9.17, 15) is 0 Å². The van der Waals surface area contributed by atoms with Crippen molar-refractivity contribution in [2.75, 3.05) is 6.54 Å². The Morgan fingerprint density at radius 3 is 3.08 bits per heavy atom. The van der Waals surface area contributed by atoms with Crippen LogP contribution in [-0.2, 0) is 6.42 Å². The van der Waals surface area contributed by atoms with E-state index in [1.807, 2.05) is 25.1 Å². The first-order valence-electron chi connectivity index (χ1n) is 4.37. The van der Waals surface area contributed by atoms with Crippen LogP contribution in [0.2, 0.25) is 0 Å². The molecular weight excluding hydrogens is 164 g/mol. The molecule has 1 aromatic carbocycles. The number of hydrogen-bond acceptors (Lipinski definition) is 3. The lowest BCUT2D eigenvalue weighted by Gasteiger charge is -1.97. The highest BCUT2D eigenvalue weighted by atomic mass is 16.5. The Bertz CT molecular complexity index is 420. The quantitative estimate of drug-likeness (QED) is 0.756. The predicted molar refractivity (Wildman–Crippen MR) is 51.5 cm³/mol. The third kappa shape index (κ3) is 1.31. The minimum absolute atomic E-state index is 0.644. The van der Waals surface area contributed by atoms with Crippen LogP contribution in [0.4, 0.5) is 0 Å². The van der Waals surface area contributed by atoms with Crippen molar-refractivity contribution in [1.82, 2.24) is 5.16 Å². The Labute approximate surface area is 76.5 Å². The molecule has 0 aliphatic rings. The van der Waals surface area contributed by atoms with Gasteiger partial charge in [0.15, 0.2) is 0 Å². The highest BCUT2D eigenvalue weighted by molar-refractivity contribution is 5.83. The van der Waals surface area contributed by atoms with E-state index in [-0.39, 0.29) is 0 Å². The molecular formula is C10H12N2O. The van der Waals surface area contributed by atoms with Crippen LogP contribution < -0.4 is 5.73 Å². The summed E-state index contributed by atoms with van der Waals surface area (Å²) < 4.78 is 5.11. The topological polar surface area (TPSA) is 52.0 Å². The zero-order valence-electron chi connectivity index (χ0n) is 7.58. The van der Waals surface area contributed by atoms with Gasteiger partial charge >= 0.3 is 0 Å². The average Bonchev–Trinajstić information content (AvgIpc) is 2.50. The summed E-state index contributed by atoms with van der Waals surface area (Å²) in [7, 11) is 0. The second-order valence-corrected chi connectivity index (χ2v) is 3.09. The molecule has 2 rings (SSSR count). The van der Waals surface area contributed by atoms with Crippen molar-refractivity contribution in [3.63, 3.8) is 0 Å². The standard InChI is InChI=1S/C10H12N2O/c1-7-9-4-2-3-8(5-6-11)10(9)12-13-7/h2-4H,5-6,11H2,1H3. The molecule has 0 bridgehead atoms. The van der Waals surface area contributed by atoms with Gasteiger partial charge in [0, 0.05) is 5.39 Å². The molecule has 1 aromatic heterocycles. The Balaban J connectivity index is 2.63. The number of nitrogens with two attached hydrogens (primary N) is 1. The molecule has 3 heteroatoms. The lowest BCUT2D eigenvalue weighted by Crippen LogP contribution is -2.02. The zero-order valence-corrected chi connectivity index (χ0v) is 7.58. The van der Waals surface area contributed by atoms with Gasteiger partial charge in [-0.1, -0.05) is 17.3 Å². The van der Waals surface area contributed by atoms with Crippen LogP contribution in [0.15, 0.2) is 22.7 Å². The maximum Gasteiger partial charge on any atom is 0.141 e. The normalized spacial score (nSPS) is 10.9. The molecule has 3 nitrogen and oxygen atoms in total. The van der Waals surface area contributed by atoms with Gasteiger partial charge in [0.2, 0.25) is 0 Å². The first kappa shape index (κ1) is 8.26. The number of aromatic nitrogens is 1. The minimum Gasteiger partial charge on any atom is -0.360 e. The second-order valence-electron chi connectivity index (χ2n) is 3.09. The van der Waals surface area contributed by atoms with Gasteiger partial charge in [-0.15, -0.1) is 0 Å². The van der Waals surface area contributed by atoms with Crippen LogP contribution in [0, 0.1) is 6.92 Å². The minimum atomic E-state index is 0.644. The lowest BCUT2D eigenvalue weighted by atomic mass is 10.1. The predicted octanol–water partition coefficient (Wildman–Crippen LogP) is 1.64. The van der Waals surface area contributed by atoms with Gasteiger partial charge in [-0.05, 0) is 31.5 Å². The number of nitrogens with zero attached hydrogens (tertiary/aromatic N) is 1. The molecule has 0 spiro atoms. The summed E-state index contributed by atoms with van der Waals surface area (Å²) in [5.41, 5.74) is 7.61. The molecule has 0 fully saturated rings. The number of fused-ring (bicyclic) bond motifs is 1. The van der Waals surface area contributed by atoms with Crippen molar-refractivity contribution < 1.29 is 4.52 Å². The van der Waals surface area contributed by atoms with E-state index < -0.39 is 0 Å². The SMILES string of the molecule is Cc1onc2c(CCN)cccc12. The molecule has 0 radical (unpaired) electrons. The van der Waals surface area contributed by atoms with E-state index in [1.54, 1.807) is 0 Å². The largest absolute Gasteiger partial charge is 0.360 e. The summed E-state index contributed by atoms with van der Waals surface area (Å²) >= 11 is 0. The van der Waals surface area contributed by atoms with Crippen LogP contribution in [0.5, 0.6) is 0 Å². The summed E-state index contributed by atoms with van der Waals surface area (Å²) in [6, 6.07) is 6.07. The molecule has 0 atom stereocenters. The van der Waals surface area contributed by atoms with E-state index >= 15 is 0 Å². The monoisotopic (exact) mass is 176 g/mol. The molecule has 2 N–H and O–H groups in total. The molecule has 0 aliphatic carbocycles. The Hall–Kier alpha value is -1.35. The van der Waals surface area contributed by atoms with Crippen molar-refractivity contribution in [2.45, 2.75) is 13.3 Å². The highest BCUT2D eigenvalue weighted by Crippen LogP contribution is 2.20. The summed E-state index contributed by atoms with van der Waals surface area (Å²) in [5.74, 6) is 0.869. The fraction of sp³-hybridized carbons (Fsp3) is 0.300. The lowest BCUT2D eigenvalue weighted by molar-refractivity contribution is 0.405. The molecule has 2 aromatic rings. The fourth-order valence-corrected chi connectivity index (χ4v) is 1.50. The number of benzene rings is 1. The fourth-order valence-electron chi connectivity index (χ4n) is 1.50. The Morgan fingerprint density at radius 1 is 1.46 bits per heavy atom. The number of rotatable bonds is 2. The van der Waals surface area contributed by atoms with Gasteiger partial charge < -0.3 is 10.3 Å². The van der Waals surface area contributed by atoms with E-state index in [0.29, 0.717) is 6.54 Å². The number of aryl methyl sites for hydroxylation is 1. The van der Waals surface area contributed by atoms with Crippen LogP contribution in [0.1, 0.15) is 11.3 Å². The van der Waals surface area contributed by atoms with Gasteiger partial charge in [-0.2, -0.15) is 0 Å². The molecule has 68 valence electrons. The van der Waals surface area contributed by atoms with Gasteiger partial charge in [-0.3, -0.25) is 0 Å². The molecule has 1 heterocycles. The van der Waals surface area contributed by atoms with Crippen molar-refractivity contribution in [3.8, 4) is 0 Å². The van der Waals surface area contributed by atoms with Crippen molar-refractivity contribution in [1.29, 1.82) is 0 Å². The van der Waals surface area contributed by atoms with Crippen molar-refractivity contribution in [2.24, 2.45) is 5.73 Å². The maximum atomic E-state index is 5.50. The average molecular weight is 176 g/mol. The van der Waals surface area contributed by atoms with Crippen LogP contribution in [0.25, 0.3) is 10.9 Å². The van der Waals surface area contributed by atoms with E-state index in [1.165, 1.54) is 0 Å². The third-order valence-electron chi connectivity index (χ3n) is 2.19. The van der Waals surface area contributed by atoms with E-state index in [4.69, 9.17) is 10.3 Å². The maximum absolute atomic E-state index is 5.50. The highest BCUT2D eigenvalue weighted by Gasteiger charge is 2.06. The molecule has 0 saturated heterocycles. The van der Waals surface area contributed by atoms with Gasteiger partial charge in [0.25, 0.3) is 0 Å². The summed E-state index contributed by atoms with van der Waals surface area (Å²) in [4.78, 5) is 0. The van der Waals surface area contributed by atoms with Crippen LogP contribution in [0.3, 0.4) is 0 Å². The van der Waals surface area contributed by atoms with Crippen LogP contribution in [-0.4, -0.2) is 11.7 Å². The Morgan fingerprint density at radius 2 is 2.31 bits per heavy atom. The van der Waals surface area contributed by atoms with E-state index in [0.717, 1.165) is 28.6 Å². The van der Waals surface area contributed by atoms with Crippen molar-refractivity contribution >= 4 is 10.9 Å².